The highest BCUT2D eigenvalue weighted by atomic mass is 16.6. The lowest BCUT2D eigenvalue weighted by Crippen LogP contribution is -2.54. The number of nitrogens with zero attached hydrogens (tertiary/aromatic N) is 1. The van der Waals surface area contributed by atoms with E-state index in [0.717, 1.165) is 17.5 Å². The maximum Gasteiger partial charge on any atom is 0.408 e. The fourth-order valence-corrected chi connectivity index (χ4v) is 4.54. The number of ether oxygens (including phenoxy) is 1. The van der Waals surface area contributed by atoms with Crippen LogP contribution in [-0.2, 0) is 25.7 Å². The Morgan fingerprint density at radius 3 is 2.23 bits per heavy atom. The Morgan fingerprint density at radius 1 is 1.05 bits per heavy atom. The van der Waals surface area contributed by atoms with Crippen LogP contribution >= 0.6 is 0 Å². The molecule has 9 heteroatoms. The third kappa shape index (κ3) is 8.56. The first-order valence-electron chi connectivity index (χ1n) is 13.3. The number of benzene rings is 2. The summed E-state index contributed by atoms with van der Waals surface area (Å²) in [6.07, 6.45) is -0.197. The second-order valence-corrected chi connectivity index (χ2v) is 11.2. The highest BCUT2D eigenvalue weighted by molar-refractivity contribution is 5.93. The Morgan fingerprint density at radius 2 is 1.67 bits per heavy atom. The second kappa shape index (κ2) is 12.8. The van der Waals surface area contributed by atoms with Crippen molar-refractivity contribution in [2.45, 2.75) is 84.2 Å². The second-order valence-electron chi connectivity index (χ2n) is 11.2. The summed E-state index contributed by atoms with van der Waals surface area (Å²) in [5.74, 6) is -1.21. The van der Waals surface area contributed by atoms with E-state index in [1.807, 2.05) is 68.4 Å². The van der Waals surface area contributed by atoms with Crippen molar-refractivity contribution in [2.24, 2.45) is 11.7 Å². The van der Waals surface area contributed by atoms with E-state index in [1.54, 1.807) is 25.7 Å². The molecule has 0 aliphatic heterocycles. The molecule has 9 nitrogen and oxygen atoms in total. The number of carbonyl (C=O) groups excluding carboxylic acids is 4. The molecule has 2 aromatic carbocycles. The summed E-state index contributed by atoms with van der Waals surface area (Å²) >= 11 is 0. The van der Waals surface area contributed by atoms with Gasteiger partial charge in [-0.3, -0.25) is 14.4 Å². The average molecular weight is 537 g/mol. The Labute approximate surface area is 230 Å². The molecule has 0 heterocycles. The summed E-state index contributed by atoms with van der Waals surface area (Å²) < 4.78 is 5.39. The molecule has 1 fully saturated rings. The van der Waals surface area contributed by atoms with Gasteiger partial charge in [0.1, 0.15) is 17.7 Å². The number of amides is 4. The first-order valence-corrected chi connectivity index (χ1v) is 13.3. The van der Waals surface area contributed by atoms with Crippen LogP contribution in [0.1, 0.15) is 69.7 Å². The van der Waals surface area contributed by atoms with Gasteiger partial charge >= 0.3 is 6.09 Å². The van der Waals surface area contributed by atoms with Crippen molar-refractivity contribution in [1.29, 1.82) is 0 Å². The van der Waals surface area contributed by atoms with Gasteiger partial charge in [0.15, 0.2) is 0 Å². The predicted molar refractivity (Wildman–Crippen MR) is 148 cm³/mol. The van der Waals surface area contributed by atoms with Gasteiger partial charge < -0.3 is 26.0 Å². The van der Waals surface area contributed by atoms with Gasteiger partial charge in [-0.25, -0.2) is 4.79 Å². The molecule has 1 aliphatic carbocycles. The molecule has 1 saturated carbocycles. The summed E-state index contributed by atoms with van der Waals surface area (Å²) in [5, 5.41) is 5.63. The maximum atomic E-state index is 14.2. The third-order valence-corrected chi connectivity index (χ3v) is 6.67. The standard InChI is InChI=1S/C30H40N4O5/c1-19-11-9-10-14-22(19)26(27(36)32-18-21-12-7-6-8-13-21)34(24-17-20(24)2)28(37)23(15-16-25(31)35)33-29(38)39-30(3,4)5/h6-14,20,23-24,26H,15-18H2,1-5H3,(H2,31,35)(H,32,36)(H,33,38). The molecule has 4 N–H and O–H groups in total. The molecule has 210 valence electrons. The van der Waals surface area contributed by atoms with Crippen LogP contribution in [-0.4, -0.2) is 46.4 Å². The van der Waals surface area contributed by atoms with E-state index >= 15 is 0 Å². The summed E-state index contributed by atoms with van der Waals surface area (Å²) in [4.78, 5) is 54.0. The Balaban J connectivity index is 1.98. The number of hydrogen-bond donors (Lipinski definition) is 3. The summed E-state index contributed by atoms with van der Waals surface area (Å²) in [7, 11) is 0. The highest BCUT2D eigenvalue weighted by Crippen LogP contribution is 2.41. The van der Waals surface area contributed by atoms with Gasteiger partial charge in [0.2, 0.25) is 17.7 Å². The lowest BCUT2D eigenvalue weighted by Gasteiger charge is -2.35. The van der Waals surface area contributed by atoms with E-state index in [0.29, 0.717) is 12.1 Å². The third-order valence-electron chi connectivity index (χ3n) is 6.67. The van der Waals surface area contributed by atoms with Gasteiger partial charge in [0.05, 0.1) is 0 Å². The molecule has 0 saturated heterocycles. The molecule has 4 atom stereocenters. The summed E-state index contributed by atoms with van der Waals surface area (Å²) in [6.45, 7) is 9.37. The zero-order valence-electron chi connectivity index (χ0n) is 23.4. The predicted octanol–water partition coefficient (Wildman–Crippen LogP) is 3.75. The van der Waals surface area contributed by atoms with Gasteiger partial charge in [-0.05, 0) is 63.1 Å². The quantitative estimate of drug-likeness (QED) is 0.403. The van der Waals surface area contributed by atoms with Crippen LogP contribution in [0.2, 0.25) is 0 Å². The number of rotatable bonds is 11. The van der Waals surface area contributed by atoms with Gasteiger partial charge in [-0.15, -0.1) is 0 Å². The molecular weight excluding hydrogens is 496 g/mol. The van der Waals surface area contributed by atoms with Gasteiger partial charge in [-0.1, -0.05) is 61.5 Å². The van der Waals surface area contributed by atoms with Gasteiger partial charge in [0.25, 0.3) is 0 Å². The molecule has 2 aromatic rings. The van der Waals surface area contributed by atoms with Crippen LogP contribution in [0.3, 0.4) is 0 Å². The van der Waals surface area contributed by atoms with E-state index in [9.17, 15) is 19.2 Å². The van der Waals surface area contributed by atoms with Crippen molar-refractivity contribution in [3.05, 3.63) is 71.3 Å². The van der Waals surface area contributed by atoms with Crippen LogP contribution in [0, 0.1) is 12.8 Å². The lowest BCUT2D eigenvalue weighted by molar-refractivity contribution is -0.143. The van der Waals surface area contributed by atoms with Crippen molar-refractivity contribution in [2.75, 3.05) is 0 Å². The summed E-state index contributed by atoms with van der Waals surface area (Å²) in [6, 6.07) is 14.7. The number of nitrogens with two attached hydrogens (primary N) is 1. The highest BCUT2D eigenvalue weighted by Gasteiger charge is 2.48. The van der Waals surface area contributed by atoms with Crippen LogP contribution in [0.5, 0.6) is 0 Å². The molecule has 4 unspecified atom stereocenters. The Kier molecular flexibility index (Phi) is 9.72. The van der Waals surface area contributed by atoms with Crippen molar-refractivity contribution < 1.29 is 23.9 Å². The van der Waals surface area contributed by atoms with Crippen LogP contribution < -0.4 is 16.4 Å². The van der Waals surface area contributed by atoms with E-state index in [4.69, 9.17) is 10.5 Å². The van der Waals surface area contributed by atoms with E-state index in [1.165, 1.54) is 0 Å². The maximum absolute atomic E-state index is 14.2. The first-order chi connectivity index (χ1) is 18.4. The fraction of sp³-hybridized carbons (Fsp3) is 0.467. The largest absolute Gasteiger partial charge is 0.444 e. The fourth-order valence-electron chi connectivity index (χ4n) is 4.54. The number of aryl methyl sites for hydroxylation is 1. The monoisotopic (exact) mass is 536 g/mol. The molecule has 0 bridgehead atoms. The molecule has 0 radical (unpaired) electrons. The molecule has 0 aromatic heterocycles. The number of primary amides is 1. The molecule has 3 rings (SSSR count). The van der Waals surface area contributed by atoms with E-state index in [-0.39, 0.29) is 30.7 Å². The Bertz CT molecular complexity index is 1180. The zero-order valence-corrected chi connectivity index (χ0v) is 23.4. The van der Waals surface area contributed by atoms with Crippen LogP contribution in [0.4, 0.5) is 4.79 Å². The summed E-state index contributed by atoms with van der Waals surface area (Å²) in [5.41, 5.74) is 7.08. The molecule has 1 aliphatic rings. The van der Waals surface area contributed by atoms with Crippen molar-refractivity contribution in [3.63, 3.8) is 0 Å². The van der Waals surface area contributed by atoms with Crippen molar-refractivity contribution in [3.8, 4) is 0 Å². The average Bonchev–Trinajstić information content (AvgIpc) is 3.58. The van der Waals surface area contributed by atoms with Crippen molar-refractivity contribution >= 4 is 23.8 Å². The van der Waals surface area contributed by atoms with E-state index in [2.05, 4.69) is 10.6 Å². The zero-order chi connectivity index (χ0) is 28.7. The number of carbonyl (C=O) groups is 4. The first kappa shape index (κ1) is 29.7. The van der Waals surface area contributed by atoms with Crippen LogP contribution in [0.25, 0.3) is 0 Å². The molecular formula is C30H40N4O5. The topological polar surface area (TPSA) is 131 Å². The minimum absolute atomic E-state index is 0.0167. The Hall–Kier alpha value is -3.88. The normalized spacial score (nSPS) is 17.9. The van der Waals surface area contributed by atoms with Gasteiger partial charge in [-0.2, -0.15) is 0 Å². The van der Waals surface area contributed by atoms with E-state index < -0.39 is 35.6 Å². The number of nitrogens with one attached hydrogen (secondary N) is 2. The molecule has 4 amide bonds. The van der Waals surface area contributed by atoms with Gasteiger partial charge in [0, 0.05) is 19.0 Å². The number of alkyl carbamates (subject to hydrolysis) is 1. The minimum atomic E-state index is -1.10. The smallest absolute Gasteiger partial charge is 0.408 e. The number of hydrogen-bond acceptors (Lipinski definition) is 5. The minimum Gasteiger partial charge on any atom is -0.444 e. The van der Waals surface area contributed by atoms with Crippen LogP contribution in [0.15, 0.2) is 54.6 Å². The molecule has 0 spiro atoms. The lowest BCUT2D eigenvalue weighted by atomic mass is 9.97. The van der Waals surface area contributed by atoms with Crippen molar-refractivity contribution in [1.82, 2.24) is 15.5 Å². The molecule has 39 heavy (non-hydrogen) atoms. The SMILES string of the molecule is Cc1ccccc1C(C(=O)NCc1ccccc1)N(C(=O)C(CCC(N)=O)NC(=O)OC(C)(C)C)C1CC1C.